The second-order valence-electron chi connectivity index (χ2n) is 7.99. The quantitative estimate of drug-likeness (QED) is 0.642. The molecule has 2 heterocycles. The molecule has 0 fully saturated rings. The molecular formula is C25H25N3O2. The molecule has 0 unspecified atom stereocenters. The number of carbonyl (C=O) groups is 2. The van der Waals surface area contributed by atoms with Crippen LogP contribution in [0.5, 0.6) is 0 Å². The normalized spacial score (nSPS) is 14.9. The summed E-state index contributed by atoms with van der Waals surface area (Å²) in [7, 11) is 0. The van der Waals surface area contributed by atoms with Crippen molar-refractivity contribution in [3.63, 3.8) is 0 Å². The van der Waals surface area contributed by atoms with Crippen LogP contribution >= 0.6 is 0 Å². The molecular weight excluding hydrogens is 374 g/mol. The van der Waals surface area contributed by atoms with Crippen molar-refractivity contribution in [1.29, 1.82) is 0 Å². The summed E-state index contributed by atoms with van der Waals surface area (Å²) in [6.07, 6.45) is 3.19. The predicted octanol–water partition coefficient (Wildman–Crippen LogP) is 3.76. The van der Waals surface area contributed by atoms with Crippen molar-refractivity contribution in [3.8, 4) is 0 Å². The maximum absolute atomic E-state index is 12.8. The molecule has 5 heteroatoms. The van der Waals surface area contributed by atoms with Crippen molar-refractivity contribution in [1.82, 2.24) is 5.32 Å². The van der Waals surface area contributed by atoms with Gasteiger partial charge in [-0.3, -0.25) is 14.5 Å². The van der Waals surface area contributed by atoms with Crippen LogP contribution in [0.25, 0.3) is 10.8 Å². The van der Waals surface area contributed by atoms with E-state index in [4.69, 9.17) is 0 Å². The monoisotopic (exact) mass is 399 g/mol. The summed E-state index contributed by atoms with van der Waals surface area (Å²) >= 11 is 0. The van der Waals surface area contributed by atoms with Crippen molar-refractivity contribution >= 4 is 34.0 Å². The molecule has 5 rings (SSSR count). The largest absolute Gasteiger partial charge is 0.371 e. The van der Waals surface area contributed by atoms with E-state index in [0.29, 0.717) is 12.1 Å². The number of rotatable bonds is 6. The number of amides is 2. The molecule has 2 aliphatic heterocycles. The number of hydrogen-bond acceptors (Lipinski definition) is 3. The number of nitrogens with zero attached hydrogens (tertiary/aromatic N) is 2. The molecule has 0 saturated carbocycles. The lowest BCUT2D eigenvalue weighted by Crippen LogP contribution is -2.40. The van der Waals surface area contributed by atoms with E-state index < -0.39 is 0 Å². The highest BCUT2D eigenvalue weighted by Gasteiger charge is 2.30. The number of anilines is 2. The Kier molecular flexibility index (Phi) is 4.87. The van der Waals surface area contributed by atoms with Crippen molar-refractivity contribution in [2.24, 2.45) is 0 Å². The molecule has 0 aliphatic carbocycles. The van der Waals surface area contributed by atoms with Gasteiger partial charge >= 0.3 is 0 Å². The fourth-order valence-corrected chi connectivity index (χ4v) is 4.68. The lowest BCUT2D eigenvalue weighted by atomic mass is 10.0. The molecule has 5 nitrogen and oxygen atoms in total. The summed E-state index contributed by atoms with van der Waals surface area (Å²) < 4.78 is 0. The van der Waals surface area contributed by atoms with Crippen molar-refractivity contribution in [2.45, 2.75) is 19.3 Å². The number of hydrogen-bond donors (Lipinski definition) is 1. The van der Waals surface area contributed by atoms with Crippen LogP contribution in [-0.2, 0) is 11.2 Å². The van der Waals surface area contributed by atoms with Crippen LogP contribution in [-0.4, -0.2) is 38.0 Å². The molecule has 0 saturated heterocycles. The average molecular weight is 399 g/mol. The van der Waals surface area contributed by atoms with E-state index in [0.717, 1.165) is 42.4 Å². The fraction of sp³-hybridized carbons (Fsp3) is 0.280. The third-order valence-corrected chi connectivity index (χ3v) is 6.08. The summed E-state index contributed by atoms with van der Waals surface area (Å²) in [5.74, 6) is -0.214. The molecule has 3 aromatic rings. The van der Waals surface area contributed by atoms with Crippen LogP contribution in [0.4, 0.5) is 11.4 Å². The highest BCUT2D eigenvalue weighted by atomic mass is 16.2. The molecule has 3 aromatic carbocycles. The standard InChI is InChI=1S/C25H25N3O2/c29-23(26-14-6-16-27-15-5-10-18-7-1-2-12-21(18)27)17-28-22-13-4-9-19-8-3-11-20(24(19)22)25(28)30/h1-4,7-9,11-13H,5-6,10,14-17H2,(H,26,29). The van der Waals surface area contributed by atoms with E-state index in [1.54, 1.807) is 4.90 Å². The number of carbonyl (C=O) groups excluding carboxylic acids is 2. The second-order valence-corrected chi connectivity index (χ2v) is 7.99. The molecule has 2 aliphatic rings. The number of fused-ring (bicyclic) bond motifs is 1. The van der Waals surface area contributed by atoms with Gasteiger partial charge in [0.2, 0.25) is 5.91 Å². The van der Waals surface area contributed by atoms with Crippen LogP contribution in [0.2, 0.25) is 0 Å². The molecule has 0 aromatic heterocycles. The Hall–Kier alpha value is -3.34. The zero-order valence-corrected chi connectivity index (χ0v) is 16.9. The third-order valence-electron chi connectivity index (χ3n) is 6.08. The topological polar surface area (TPSA) is 52.7 Å². The predicted molar refractivity (Wildman–Crippen MR) is 120 cm³/mol. The van der Waals surface area contributed by atoms with Gasteiger partial charge in [0.25, 0.3) is 5.91 Å². The molecule has 0 bridgehead atoms. The molecule has 0 spiro atoms. The van der Waals surface area contributed by atoms with Gasteiger partial charge in [-0.15, -0.1) is 0 Å². The molecule has 0 atom stereocenters. The number of benzene rings is 3. The van der Waals surface area contributed by atoms with E-state index in [9.17, 15) is 9.59 Å². The van der Waals surface area contributed by atoms with E-state index in [-0.39, 0.29) is 18.4 Å². The van der Waals surface area contributed by atoms with Crippen LogP contribution in [0.1, 0.15) is 28.8 Å². The first-order valence-corrected chi connectivity index (χ1v) is 10.7. The van der Waals surface area contributed by atoms with E-state index in [1.807, 2.05) is 36.4 Å². The Morgan fingerprint density at radius 3 is 2.67 bits per heavy atom. The number of nitrogens with one attached hydrogen (secondary N) is 1. The average Bonchev–Trinajstić information content (AvgIpc) is 3.05. The molecule has 1 N–H and O–H groups in total. The summed E-state index contributed by atoms with van der Waals surface area (Å²) in [5, 5.41) is 4.97. The molecule has 30 heavy (non-hydrogen) atoms. The minimum atomic E-state index is -0.118. The highest BCUT2D eigenvalue weighted by Crippen LogP contribution is 2.36. The van der Waals surface area contributed by atoms with Gasteiger partial charge in [-0.05, 0) is 48.4 Å². The summed E-state index contributed by atoms with van der Waals surface area (Å²) in [4.78, 5) is 29.4. The smallest absolute Gasteiger partial charge is 0.259 e. The van der Waals surface area contributed by atoms with Crippen molar-refractivity contribution in [2.75, 3.05) is 36.0 Å². The lowest BCUT2D eigenvalue weighted by molar-refractivity contribution is -0.119. The Morgan fingerprint density at radius 2 is 1.77 bits per heavy atom. The Bertz CT molecular complexity index is 1120. The van der Waals surface area contributed by atoms with Crippen LogP contribution in [0.3, 0.4) is 0 Å². The fourth-order valence-electron chi connectivity index (χ4n) is 4.68. The SMILES string of the molecule is O=C(CN1C(=O)c2cccc3cccc1c23)NCCCN1CCCc2ccccc21. The zero-order chi connectivity index (χ0) is 20.5. The van der Waals surface area contributed by atoms with Crippen LogP contribution in [0, 0.1) is 0 Å². The van der Waals surface area contributed by atoms with E-state index in [2.05, 4.69) is 34.5 Å². The summed E-state index contributed by atoms with van der Waals surface area (Å²) in [5.41, 5.74) is 4.24. The first-order valence-electron chi connectivity index (χ1n) is 10.7. The Morgan fingerprint density at radius 1 is 0.967 bits per heavy atom. The van der Waals surface area contributed by atoms with Gasteiger partial charge in [0.15, 0.2) is 0 Å². The molecule has 0 radical (unpaired) electrons. The van der Waals surface area contributed by atoms with E-state index >= 15 is 0 Å². The van der Waals surface area contributed by atoms with Crippen molar-refractivity contribution in [3.05, 3.63) is 71.8 Å². The summed E-state index contributed by atoms with van der Waals surface area (Å²) in [6, 6.07) is 20.1. The Labute approximate surface area is 176 Å². The lowest BCUT2D eigenvalue weighted by Gasteiger charge is -2.31. The number of aryl methyl sites for hydroxylation is 1. The van der Waals surface area contributed by atoms with Crippen LogP contribution in [0.15, 0.2) is 60.7 Å². The number of para-hydroxylation sites is 1. The third kappa shape index (κ3) is 3.30. The second kappa shape index (κ2) is 7.82. The van der Waals surface area contributed by atoms with Gasteiger partial charge in [-0.2, -0.15) is 0 Å². The minimum Gasteiger partial charge on any atom is -0.371 e. The van der Waals surface area contributed by atoms with Gasteiger partial charge in [-0.25, -0.2) is 0 Å². The first kappa shape index (κ1) is 18.7. The van der Waals surface area contributed by atoms with E-state index in [1.165, 1.54) is 17.7 Å². The van der Waals surface area contributed by atoms with Gasteiger partial charge in [0.05, 0.1) is 5.69 Å². The molecule has 2 amide bonds. The zero-order valence-electron chi connectivity index (χ0n) is 16.9. The Balaban J connectivity index is 1.17. The van der Waals surface area contributed by atoms with Gasteiger partial charge in [0, 0.05) is 36.3 Å². The van der Waals surface area contributed by atoms with Crippen molar-refractivity contribution < 1.29 is 9.59 Å². The van der Waals surface area contributed by atoms with Gasteiger partial charge in [-0.1, -0.05) is 42.5 Å². The minimum absolute atomic E-state index is 0.0547. The van der Waals surface area contributed by atoms with Gasteiger partial charge < -0.3 is 10.2 Å². The maximum Gasteiger partial charge on any atom is 0.259 e. The van der Waals surface area contributed by atoms with Crippen LogP contribution < -0.4 is 15.1 Å². The first-order chi connectivity index (χ1) is 14.7. The highest BCUT2D eigenvalue weighted by molar-refractivity contribution is 6.26. The van der Waals surface area contributed by atoms with Gasteiger partial charge in [0.1, 0.15) is 6.54 Å². The summed E-state index contributed by atoms with van der Waals surface area (Å²) in [6.45, 7) is 2.65. The molecule has 152 valence electrons. The maximum atomic E-state index is 12.8.